The van der Waals surface area contributed by atoms with Crippen LogP contribution in [0.3, 0.4) is 0 Å². The zero-order valence-electron chi connectivity index (χ0n) is 11.4. The lowest BCUT2D eigenvalue weighted by atomic mass is 10.0. The van der Waals surface area contributed by atoms with Crippen LogP contribution in [0, 0.1) is 0 Å². The van der Waals surface area contributed by atoms with Gasteiger partial charge in [-0.25, -0.2) is 4.79 Å². The number of Topliss-reactive ketones (excluding diaryl/α,β-unsaturated/α-hetero) is 1. The van der Waals surface area contributed by atoms with E-state index in [1.165, 1.54) is 0 Å². The summed E-state index contributed by atoms with van der Waals surface area (Å²) in [6.45, 7) is 5.04. The first-order valence-electron chi connectivity index (χ1n) is 6.65. The molecule has 1 aromatic carbocycles. The minimum absolute atomic E-state index is 0.214. The minimum atomic E-state index is -0.361. The zero-order chi connectivity index (χ0) is 13.8. The fraction of sp³-hybridized carbons (Fsp3) is 0.467. The minimum Gasteiger partial charge on any atom is -0.410 e. The molecule has 0 radical (unpaired) electrons. The molecule has 1 aliphatic rings. The van der Waals surface area contributed by atoms with E-state index in [1.807, 2.05) is 24.3 Å². The van der Waals surface area contributed by atoms with Crippen molar-refractivity contribution in [3.8, 4) is 5.75 Å². The fourth-order valence-electron chi connectivity index (χ4n) is 2.15. The van der Waals surface area contributed by atoms with E-state index in [9.17, 15) is 9.59 Å². The molecule has 0 spiro atoms. The molecular formula is C15H19NO3. The molecule has 102 valence electrons. The van der Waals surface area contributed by atoms with E-state index < -0.39 is 0 Å². The quantitative estimate of drug-likeness (QED) is 0.822. The van der Waals surface area contributed by atoms with E-state index in [0.717, 1.165) is 5.56 Å². The van der Waals surface area contributed by atoms with Crippen LogP contribution < -0.4 is 4.74 Å². The number of hydrogen-bond acceptors (Lipinski definition) is 3. The fourth-order valence-corrected chi connectivity index (χ4v) is 2.15. The average Bonchev–Trinajstić information content (AvgIpc) is 2.39. The van der Waals surface area contributed by atoms with Gasteiger partial charge in [-0.05, 0) is 17.5 Å². The molecule has 4 heteroatoms. The molecule has 0 saturated carbocycles. The Labute approximate surface area is 113 Å². The van der Waals surface area contributed by atoms with Crippen molar-refractivity contribution in [3.63, 3.8) is 0 Å². The summed E-state index contributed by atoms with van der Waals surface area (Å²) in [4.78, 5) is 24.8. The Balaban J connectivity index is 2.05. The molecule has 1 aromatic rings. The number of benzene rings is 1. The summed E-state index contributed by atoms with van der Waals surface area (Å²) in [6.07, 6.45) is 0.502. The summed E-state index contributed by atoms with van der Waals surface area (Å²) >= 11 is 0. The zero-order valence-corrected chi connectivity index (χ0v) is 11.4. The summed E-state index contributed by atoms with van der Waals surface area (Å²) in [5.74, 6) is 1.12. The number of ketones is 1. The maximum absolute atomic E-state index is 12.0. The molecule has 0 atom stereocenters. The maximum Gasteiger partial charge on any atom is 0.415 e. The van der Waals surface area contributed by atoms with Crippen molar-refractivity contribution in [1.82, 2.24) is 4.90 Å². The Kier molecular flexibility index (Phi) is 4.20. The number of piperidine rings is 1. The Bertz CT molecular complexity index is 472. The predicted octanol–water partition coefficient (Wildman–Crippen LogP) is 2.97. The highest BCUT2D eigenvalue weighted by Gasteiger charge is 2.23. The molecule has 1 aliphatic heterocycles. The van der Waals surface area contributed by atoms with Gasteiger partial charge in [-0.3, -0.25) is 4.79 Å². The highest BCUT2D eigenvalue weighted by Crippen LogP contribution is 2.26. The van der Waals surface area contributed by atoms with Gasteiger partial charge in [0.25, 0.3) is 0 Å². The van der Waals surface area contributed by atoms with Gasteiger partial charge >= 0.3 is 6.09 Å². The summed E-state index contributed by atoms with van der Waals surface area (Å²) in [5.41, 5.74) is 1.02. The lowest BCUT2D eigenvalue weighted by molar-refractivity contribution is -0.121. The lowest BCUT2D eigenvalue weighted by Crippen LogP contribution is -2.40. The number of nitrogens with zero attached hydrogens (tertiary/aromatic N) is 1. The molecule has 0 bridgehead atoms. The molecule has 2 rings (SSSR count). The number of carbonyl (C=O) groups is 2. The van der Waals surface area contributed by atoms with Crippen molar-refractivity contribution >= 4 is 11.9 Å². The van der Waals surface area contributed by atoms with Crippen LogP contribution in [0.2, 0.25) is 0 Å². The summed E-state index contributed by atoms with van der Waals surface area (Å²) in [5, 5.41) is 0. The molecule has 1 heterocycles. The summed E-state index contributed by atoms with van der Waals surface area (Å²) in [7, 11) is 0. The van der Waals surface area contributed by atoms with Crippen LogP contribution >= 0.6 is 0 Å². The second-order valence-corrected chi connectivity index (χ2v) is 5.09. The molecule has 1 fully saturated rings. The van der Waals surface area contributed by atoms with Crippen LogP contribution in [0.15, 0.2) is 24.3 Å². The van der Waals surface area contributed by atoms with Gasteiger partial charge in [0.1, 0.15) is 11.5 Å². The number of amides is 1. The third-order valence-electron chi connectivity index (χ3n) is 3.32. The van der Waals surface area contributed by atoms with Gasteiger partial charge in [0.15, 0.2) is 0 Å². The Morgan fingerprint density at radius 2 is 1.84 bits per heavy atom. The van der Waals surface area contributed by atoms with Gasteiger partial charge in [-0.2, -0.15) is 0 Å². The third kappa shape index (κ3) is 3.34. The van der Waals surface area contributed by atoms with Crippen molar-refractivity contribution in [2.45, 2.75) is 32.6 Å². The first-order valence-corrected chi connectivity index (χ1v) is 6.65. The number of hydrogen-bond donors (Lipinski definition) is 0. The molecule has 0 N–H and O–H groups in total. The van der Waals surface area contributed by atoms with Gasteiger partial charge < -0.3 is 9.64 Å². The Hall–Kier alpha value is -1.84. The van der Waals surface area contributed by atoms with Crippen molar-refractivity contribution in [2.75, 3.05) is 13.1 Å². The SMILES string of the molecule is CC(C)c1ccccc1OC(=O)N1CCC(=O)CC1. The van der Waals surface area contributed by atoms with Crippen LogP contribution in [-0.4, -0.2) is 29.9 Å². The first-order chi connectivity index (χ1) is 9.08. The predicted molar refractivity (Wildman–Crippen MR) is 72.4 cm³/mol. The van der Waals surface area contributed by atoms with Crippen LogP contribution in [0.1, 0.15) is 38.2 Å². The van der Waals surface area contributed by atoms with Gasteiger partial charge in [0.05, 0.1) is 0 Å². The standard InChI is InChI=1S/C15H19NO3/c1-11(2)13-5-3-4-6-14(13)19-15(18)16-9-7-12(17)8-10-16/h3-6,11H,7-10H2,1-2H3. The molecule has 1 saturated heterocycles. The smallest absolute Gasteiger partial charge is 0.410 e. The molecule has 0 aromatic heterocycles. The Morgan fingerprint density at radius 3 is 2.47 bits per heavy atom. The van der Waals surface area contributed by atoms with Crippen LogP contribution in [0.4, 0.5) is 4.79 Å². The van der Waals surface area contributed by atoms with Crippen molar-refractivity contribution in [2.24, 2.45) is 0 Å². The van der Waals surface area contributed by atoms with E-state index in [1.54, 1.807) is 4.90 Å². The average molecular weight is 261 g/mol. The largest absolute Gasteiger partial charge is 0.415 e. The number of para-hydroxylation sites is 1. The van der Waals surface area contributed by atoms with Gasteiger partial charge in [-0.1, -0.05) is 32.0 Å². The van der Waals surface area contributed by atoms with Crippen molar-refractivity contribution < 1.29 is 14.3 Å². The molecule has 1 amide bonds. The maximum atomic E-state index is 12.0. The summed E-state index contributed by atoms with van der Waals surface area (Å²) in [6, 6.07) is 7.57. The van der Waals surface area contributed by atoms with Crippen LogP contribution in [-0.2, 0) is 4.79 Å². The van der Waals surface area contributed by atoms with Crippen LogP contribution in [0.25, 0.3) is 0 Å². The Morgan fingerprint density at radius 1 is 1.21 bits per heavy atom. The number of rotatable bonds is 2. The molecule has 0 unspecified atom stereocenters. The first kappa shape index (κ1) is 13.6. The van der Waals surface area contributed by atoms with E-state index in [-0.39, 0.29) is 11.9 Å². The normalized spacial score (nSPS) is 15.7. The second kappa shape index (κ2) is 5.87. The van der Waals surface area contributed by atoms with Crippen molar-refractivity contribution in [3.05, 3.63) is 29.8 Å². The highest BCUT2D eigenvalue weighted by molar-refractivity contribution is 5.82. The lowest BCUT2D eigenvalue weighted by Gasteiger charge is -2.25. The summed E-state index contributed by atoms with van der Waals surface area (Å²) < 4.78 is 5.46. The monoisotopic (exact) mass is 261 g/mol. The third-order valence-corrected chi connectivity index (χ3v) is 3.32. The number of ether oxygens (including phenoxy) is 1. The molecule has 4 nitrogen and oxygen atoms in total. The molecular weight excluding hydrogens is 242 g/mol. The molecule has 19 heavy (non-hydrogen) atoms. The van der Waals surface area contributed by atoms with E-state index >= 15 is 0 Å². The van der Waals surface area contributed by atoms with Gasteiger partial charge in [0.2, 0.25) is 0 Å². The van der Waals surface area contributed by atoms with E-state index in [0.29, 0.717) is 37.6 Å². The highest BCUT2D eigenvalue weighted by atomic mass is 16.6. The topological polar surface area (TPSA) is 46.6 Å². The number of carbonyl (C=O) groups excluding carboxylic acids is 2. The second-order valence-electron chi connectivity index (χ2n) is 5.09. The van der Waals surface area contributed by atoms with Gasteiger partial charge in [-0.15, -0.1) is 0 Å². The van der Waals surface area contributed by atoms with Crippen molar-refractivity contribution in [1.29, 1.82) is 0 Å². The number of likely N-dealkylation sites (tertiary alicyclic amines) is 1. The van der Waals surface area contributed by atoms with E-state index in [2.05, 4.69) is 13.8 Å². The van der Waals surface area contributed by atoms with E-state index in [4.69, 9.17) is 4.74 Å². The van der Waals surface area contributed by atoms with Crippen LogP contribution in [0.5, 0.6) is 5.75 Å². The molecule has 0 aliphatic carbocycles. The van der Waals surface area contributed by atoms with Gasteiger partial charge in [0, 0.05) is 25.9 Å².